The summed E-state index contributed by atoms with van der Waals surface area (Å²) in [5.41, 5.74) is 0.843. The van der Waals surface area contributed by atoms with Gasteiger partial charge in [0.1, 0.15) is 0 Å². The Hall–Kier alpha value is -1.88. The fraction of sp³-hybridized carbons (Fsp3) is 0.167. The monoisotopic (exact) mass is 248 g/mol. The number of thiophene rings is 1. The maximum Gasteiger partial charge on any atom is 0.261 e. The molecule has 0 saturated carbocycles. The number of amides is 1. The van der Waals surface area contributed by atoms with Crippen LogP contribution in [0.15, 0.2) is 40.6 Å². The highest BCUT2D eigenvalue weighted by molar-refractivity contribution is 7.12. The standard InChI is InChI=1S/C12H12N2O2S/c1-14-8-9(4-5-11(14)15)7-13-12(16)10-3-2-6-17-10/h2-6,8H,7H2,1H3,(H,13,16). The van der Waals surface area contributed by atoms with Gasteiger partial charge in [0.05, 0.1) is 4.88 Å². The first kappa shape index (κ1) is 11.6. The lowest BCUT2D eigenvalue weighted by atomic mass is 10.3. The normalized spacial score (nSPS) is 10.2. The highest BCUT2D eigenvalue weighted by atomic mass is 32.1. The topological polar surface area (TPSA) is 51.1 Å². The summed E-state index contributed by atoms with van der Waals surface area (Å²) in [5.74, 6) is -0.0890. The van der Waals surface area contributed by atoms with E-state index in [4.69, 9.17) is 0 Å². The van der Waals surface area contributed by atoms with Gasteiger partial charge in [-0.1, -0.05) is 12.1 Å². The molecule has 0 aliphatic rings. The quantitative estimate of drug-likeness (QED) is 0.892. The van der Waals surface area contributed by atoms with Gasteiger partial charge >= 0.3 is 0 Å². The molecular weight excluding hydrogens is 236 g/mol. The van der Waals surface area contributed by atoms with Gasteiger partial charge in [0.15, 0.2) is 0 Å². The first-order valence-electron chi connectivity index (χ1n) is 5.14. The van der Waals surface area contributed by atoms with Gasteiger partial charge in [-0.3, -0.25) is 9.59 Å². The zero-order chi connectivity index (χ0) is 12.3. The molecule has 0 fully saturated rings. The molecule has 0 aliphatic heterocycles. The van der Waals surface area contributed by atoms with Crippen LogP contribution in [0.2, 0.25) is 0 Å². The molecule has 5 heteroatoms. The van der Waals surface area contributed by atoms with Gasteiger partial charge in [-0.25, -0.2) is 0 Å². The molecule has 1 amide bonds. The number of rotatable bonds is 3. The third-order valence-corrected chi connectivity index (χ3v) is 3.21. The molecule has 0 atom stereocenters. The highest BCUT2D eigenvalue weighted by Gasteiger charge is 2.05. The number of pyridine rings is 1. The summed E-state index contributed by atoms with van der Waals surface area (Å²) in [7, 11) is 1.69. The van der Waals surface area contributed by atoms with Crippen LogP contribution >= 0.6 is 11.3 Å². The van der Waals surface area contributed by atoms with Crippen molar-refractivity contribution in [3.8, 4) is 0 Å². The minimum atomic E-state index is -0.0890. The number of hydrogen-bond donors (Lipinski definition) is 1. The lowest BCUT2D eigenvalue weighted by Gasteiger charge is -2.05. The largest absolute Gasteiger partial charge is 0.347 e. The molecule has 0 spiro atoms. The van der Waals surface area contributed by atoms with Crippen molar-refractivity contribution in [2.45, 2.75) is 6.54 Å². The number of aromatic nitrogens is 1. The molecule has 1 N–H and O–H groups in total. The van der Waals surface area contributed by atoms with E-state index in [1.165, 1.54) is 22.0 Å². The van der Waals surface area contributed by atoms with E-state index < -0.39 is 0 Å². The molecule has 0 unspecified atom stereocenters. The summed E-state index contributed by atoms with van der Waals surface area (Å²) < 4.78 is 1.49. The average molecular weight is 248 g/mol. The van der Waals surface area contributed by atoms with Crippen LogP contribution in [0.3, 0.4) is 0 Å². The second-order valence-electron chi connectivity index (χ2n) is 3.65. The molecular formula is C12H12N2O2S. The van der Waals surface area contributed by atoms with Crippen LogP contribution in [0, 0.1) is 0 Å². The van der Waals surface area contributed by atoms with Crippen molar-refractivity contribution >= 4 is 17.2 Å². The van der Waals surface area contributed by atoms with Crippen LogP contribution in [0.25, 0.3) is 0 Å². The number of carbonyl (C=O) groups excluding carboxylic acids is 1. The predicted molar refractivity (Wildman–Crippen MR) is 67.2 cm³/mol. The average Bonchev–Trinajstić information content (AvgIpc) is 2.84. The van der Waals surface area contributed by atoms with Crippen LogP contribution in [0.1, 0.15) is 15.2 Å². The summed E-state index contributed by atoms with van der Waals surface area (Å²) in [4.78, 5) is 23.5. The number of nitrogens with zero attached hydrogens (tertiary/aromatic N) is 1. The van der Waals surface area contributed by atoms with Gasteiger partial charge in [-0.15, -0.1) is 11.3 Å². The van der Waals surface area contributed by atoms with E-state index in [9.17, 15) is 9.59 Å². The summed E-state index contributed by atoms with van der Waals surface area (Å²) in [6.45, 7) is 0.421. The smallest absolute Gasteiger partial charge is 0.261 e. The van der Waals surface area contributed by atoms with Crippen molar-refractivity contribution < 1.29 is 4.79 Å². The SMILES string of the molecule is Cn1cc(CNC(=O)c2cccs2)ccc1=O. The van der Waals surface area contributed by atoms with Gasteiger partial charge in [-0.05, 0) is 17.0 Å². The second kappa shape index (κ2) is 4.97. The second-order valence-corrected chi connectivity index (χ2v) is 4.59. The first-order chi connectivity index (χ1) is 8.16. The Morgan fingerprint density at radius 3 is 2.88 bits per heavy atom. The summed E-state index contributed by atoms with van der Waals surface area (Å²) in [5, 5.41) is 4.67. The van der Waals surface area contributed by atoms with Gasteiger partial charge in [-0.2, -0.15) is 0 Å². The number of nitrogens with one attached hydrogen (secondary N) is 1. The molecule has 2 aromatic rings. The van der Waals surface area contributed by atoms with Crippen molar-refractivity contribution in [2.24, 2.45) is 7.05 Å². The molecule has 0 radical (unpaired) electrons. The van der Waals surface area contributed by atoms with Crippen molar-refractivity contribution in [2.75, 3.05) is 0 Å². The highest BCUT2D eigenvalue weighted by Crippen LogP contribution is 2.08. The lowest BCUT2D eigenvalue weighted by molar-refractivity contribution is 0.0955. The fourth-order valence-electron chi connectivity index (χ4n) is 1.43. The summed E-state index contributed by atoms with van der Waals surface area (Å²) in [6.07, 6.45) is 1.72. The molecule has 0 bridgehead atoms. The van der Waals surface area contributed by atoms with E-state index in [0.717, 1.165) is 5.56 Å². The molecule has 0 aliphatic carbocycles. The Balaban J connectivity index is 2.00. The number of aryl methyl sites for hydroxylation is 1. The van der Waals surface area contributed by atoms with Crippen molar-refractivity contribution in [1.82, 2.24) is 9.88 Å². The zero-order valence-corrected chi connectivity index (χ0v) is 10.2. The minimum Gasteiger partial charge on any atom is -0.347 e. The van der Waals surface area contributed by atoms with Crippen molar-refractivity contribution in [3.63, 3.8) is 0 Å². The maximum absolute atomic E-state index is 11.7. The molecule has 2 aromatic heterocycles. The molecule has 2 rings (SSSR count). The van der Waals surface area contributed by atoms with E-state index >= 15 is 0 Å². The predicted octanol–water partition coefficient (Wildman–Crippen LogP) is 1.38. The van der Waals surface area contributed by atoms with Gasteiger partial charge in [0, 0.05) is 25.9 Å². The van der Waals surface area contributed by atoms with Crippen LogP contribution in [-0.2, 0) is 13.6 Å². The van der Waals surface area contributed by atoms with Crippen molar-refractivity contribution in [3.05, 3.63) is 56.6 Å². The Labute approximate surface area is 103 Å². The first-order valence-corrected chi connectivity index (χ1v) is 6.02. The molecule has 17 heavy (non-hydrogen) atoms. The number of carbonyl (C=O) groups is 1. The van der Waals surface area contributed by atoms with E-state index in [2.05, 4.69) is 5.32 Å². The Bertz CT molecular complexity index is 572. The van der Waals surface area contributed by atoms with Crippen LogP contribution in [0.5, 0.6) is 0 Å². The van der Waals surface area contributed by atoms with E-state index in [1.807, 2.05) is 11.4 Å². The van der Waals surface area contributed by atoms with Crippen LogP contribution in [-0.4, -0.2) is 10.5 Å². The summed E-state index contributed by atoms with van der Waals surface area (Å²) in [6, 6.07) is 6.83. The lowest BCUT2D eigenvalue weighted by Crippen LogP contribution is -2.23. The van der Waals surface area contributed by atoms with Crippen LogP contribution in [0.4, 0.5) is 0 Å². The van der Waals surface area contributed by atoms with Crippen molar-refractivity contribution in [1.29, 1.82) is 0 Å². The van der Waals surface area contributed by atoms with Gasteiger partial charge in [0.25, 0.3) is 5.91 Å². The fourth-order valence-corrected chi connectivity index (χ4v) is 2.07. The Kier molecular flexibility index (Phi) is 3.39. The Morgan fingerprint density at radius 1 is 1.41 bits per heavy atom. The van der Waals surface area contributed by atoms with E-state index in [1.54, 1.807) is 25.4 Å². The maximum atomic E-state index is 11.7. The molecule has 0 saturated heterocycles. The van der Waals surface area contributed by atoms with Gasteiger partial charge in [0.2, 0.25) is 5.56 Å². The molecule has 2 heterocycles. The minimum absolute atomic E-state index is 0.0571. The third kappa shape index (κ3) is 2.82. The molecule has 88 valence electrons. The van der Waals surface area contributed by atoms with Crippen LogP contribution < -0.4 is 10.9 Å². The van der Waals surface area contributed by atoms with Gasteiger partial charge < -0.3 is 9.88 Å². The van der Waals surface area contributed by atoms with E-state index in [-0.39, 0.29) is 11.5 Å². The Morgan fingerprint density at radius 2 is 2.24 bits per heavy atom. The molecule has 4 nitrogen and oxygen atoms in total. The summed E-state index contributed by atoms with van der Waals surface area (Å²) >= 11 is 1.40. The zero-order valence-electron chi connectivity index (χ0n) is 9.34. The van der Waals surface area contributed by atoms with E-state index in [0.29, 0.717) is 11.4 Å². The molecule has 0 aromatic carbocycles. The number of hydrogen-bond acceptors (Lipinski definition) is 3. The third-order valence-electron chi connectivity index (χ3n) is 2.35.